The van der Waals surface area contributed by atoms with Crippen molar-refractivity contribution in [1.29, 1.82) is 0 Å². The second-order valence-corrected chi connectivity index (χ2v) is 9.10. The number of hydrogen-bond donors (Lipinski definition) is 3. The number of anilines is 1. The van der Waals surface area contributed by atoms with Crippen LogP contribution in [0.3, 0.4) is 0 Å². The Bertz CT molecular complexity index is 1210. The number of fused-ring (bicyclic) bond motifs is 1. The first kappa shape index (κ1) is 27.7. The Morgan fingerprint density at radius 1 is 1.00 bits per heavy atom. The van der Waals surface area contributed by atoms with Crippen LogP contribution in [0.15, 0.2) is 67.0 Å². The zero-order valence-electron chi connectivity index (χ0n) is 20.4. The van der Waals surface area contributed by atoms with Crippen LogP contribution >= 0.6 is 0 Å². The van der Waals surface area contributed by atoms with E-state index in [4.69, 9.17) is 14.6 Å². The molecule has 0 atom stereocenters. The highest BCUT2D eigenvalue weighted by atomic mass is 19.4. The number of aliphatic carboxylic acids is 1. The summed E-state index contributed by atoms with van der Waals surface area (Å²) in [5, 5.41) is 13.5. The molecule has 0 saturated carbocycles. The lowest BCUT2D eigenvalue weighted by molar-refractivity contribution is -0.192. The van der Waals surface area contributed by atoms with E-state index in [1.165, 1.54) is 16.7 Å². The van der Waals surface area contributed by atoms with E-state index in [1.54, 1.807) is 24.5 Å². The van der Waals surface area contributed by atoms with Crippen molar-refractivity contribution in [3.05, 3.63) is 89.2 Å². The number of nitrogens with zero attached hydrogens (tertiary/aromatic N) is 1. The molecule has 1 aliphatic rings. The Kier molecular flexibility index (Phi) is 8.88. The number of carboxylic acids is 1. The summed E-state index contributed by atoms with van der Waals surface area (Å²) in [6.07, 6.45) is 0.240. The Hall–Kier alpha value is -3.92. The zero-order valence-corrected chi connectivity index (χ0v) is 20.4. The number of carbonyl (C=O) groups excluding carboxylic acids is 1. The number of amides is 1. The van der Waals surface area contributed by atoms with Crippen molar-refractivity contribution in [2.24, 2.45) is 0 Å². The third kappa shape index (κ3) is 8.60. The Morgan fingerprint density at radius 3 is 2.22 bits per heavy atom. The van der Waals surface area contributed by atoms with Crippen LogP contribution in [0.25, 0.3) is 0 Å². The first-order valence-corrected chi connectivity index (χ1v) is 11.5. The average Bonchev–Trinajstić information content (AvgIpc) is 2.85. The number of pyridine rings is 1. The predicted octanol–water partition coefficient (Wildman–Crippen LogP) is 5.36. The number of hydrogen-bond acceptors (Lipinski definition) is 5. The Balaban J connectivity index is 0.000000479. The molecule has 7 nitrogen and oxygen atoms in total. The summed E-state index contributed by atoms with van der Waals surface area (Å²) in [6.45, 7) is 5.85. The highest BCUT2D eigenvalue weighted by Gasteiger charge is 2.38. The second kappa shape index (κ2) is 11.9. The molecule has 4 rings (SSSR count). The van der Waals surface area contributed by atoms with E-state index in [2.05, 4.69) is 47.7 Å². The third-order valence-corrected chi connectivity index (χ3v) is 5.56. The fourth-order valence-corrected chi connectivity index (χ4v) is 3.59. The van der Waals surface area contributed by atoms with E-state index < -0.39 is 12.1 Å². The number of carboxylic acid groups (broad SMARTS) is 1. The van der Waals surface area contributed by atoms with Gasteiger partial charge in [0.1, 0.15) is 11.4 Å². The van der Waals surface area contributed by atoms with Gasteiger partial charge in [0, 0.05) is 36.7 Å². The van der Waals surface area contributed by atoms with Crippen LogP contribution in [0, 0.1) is 0 Å². The van der Waals surface area contributed by atoms with Gasteiger partial charge in [0.2, 0.25) is 0 Å². The van der Waals surface area contributed by atoms with Crippen LogP contribution in [-0.2, 0) is 24.3 Å². The average molecular weight is 516 g/mol. The molecule has 0 saturated heterocycles. The van der Waals surface area contributed by atoms with Crippen LogP contribution < -0.4 is 15.4 Å². The SMILES string of the molecule is CC1(C)CCc2cc(CNCc3ccc(NC(=O)c4ccncc4)cc3)ccc2O1.O=C(O)C(F)(F)F. The summed E-state index contributed by atoms with van der Waals surface area (Å²) in [4.78, 5) is 25.0. The van der Waals surface area contributed by atoms with Crippen LogP contribution in [0.2, 0.25) is 0 Å². The molecule has 0 spiro atoms. The molecule has 10 heteroatoms. The van der Waals surface area contributed by atoms with E-state index in [0.717, 1.165) is 37.4 Å². The van der Waals surface area contributed by atoms with Gasteiger partial charge in [-0.3, -0.25) is 9.78 Å². The van der Waals surface area contributed by atoms with Gasteiger partial charge in [0.05, 0.1) is 0 Å². The van der Waals surface area contributed by atoms with Crippen LogP contribution in [0.5, 0.6) is 5.75 Å². The molecule has 196 valence electrons. The molecule has 0 fully saturated rings. The lowest BCUT2D eigenvalue weighted by Gasteiger charge is -2.32. The highest BCUT2D eigenvalue weighted by molar-refractivity contribution is 6.04. The van der Waals surface area contributed by atoms with E-state index in [-0.39, 0.29) is 11.5 Å². The van der Waals surface area contributed by atoms with Crippen LogP contribution in [0.4, 0.5) is 18.9 Å². The van der Waals surface area contributed by atoms with Gasteiger partial charge in [0.15, 0.2) is 0 Å². The number of aryl methyl sites for hydroxylation is 1. The molecule has 0 unspecified atom stereocenters. The lowest BCUT2D eigenvalue weighted by Crippen LogP contribution is -2.32. The van der Waals surface area contributed by atoms with Crippen LogP contribution in [0.1, 0.15) is 47.3 Å². The fourth-order valence-electron chi connectivity index (χ4n) is 3.59. The number of carbonyl (C=O) groups is 2. The molecular weight excluding hydrogens is 487 g/mol. The predicted molar refractivity (Wildman–Crippen MR) is 132 cm³/mol. The minimum atomic E-state index is -5.08. The monoisotopic (exact) mass is 515 g/mol. The van der Waals surface area contributed by atoms with Crippen molar-refractivity contribution >= 4 is 17.6 Å². The van der Waals surface area contributed by atoms with Crippen molar-refractivity contribution in [1.82, 2.24) is 10.3 Å². The molecule has 1 aliphatic heterocycles. The van der Waals surface area contributed by atoms with E-state index in [0.29, 0.717) is 5.56 Å². The van der Waals surface area contributed by atoms with Gasteiger partial charge in [-0.2, -0.15) is 13.2 Å². The highest BCUT2D eigenvalue weighted by Crippen LogP contribution is 2.33. The van der Waals surface area contributed by atoms with E-state index in [9.17, 15) is 18.0 Å². The Morgan fingerprint density at radius 2 is 1.59 bits per heavy atom. The molecule has 3 N–H and O–H groups in total. The number of ether oxygens (including phenoxy) is 1. The number of alkyl halides is 3. The molecule has 1 aromatic heterocycles. The normalized spacial score (nSPS) is 13.9. The molecular formula is C27H28F3N3O4. The maximum atomic E-state index is 12.2. The smallest absolute Gasteiger partial charge is 0.488 e. The van der Waals surface area contributed by atoms with Gasteiger partial charge in [-0.05, 0) is 73.7 Å². The third-order valence-electron chi connectivity index (χ3n) is 5.56. The maximum absolute atomic E-state index is 12.2. The topological polar surface area (TPSA) is 101 Å². The van der Waals surface area contributed by atoms with Gasteiger partial charge < -0.3 is 20.5 Å². The quantitative estimate of drug-likeness (QED) is 0.409. The summed E-state index contributed by atoms with van der Waals surface area (Å²) in [5.74, 6) is -1.88. The summed E-state index contributed by atoms with van der Waals surface area (Å²) >= 11 is 0. The van der Waals surface area contributed by atoms with Crippen molar-refractivity contribution in [3.63, 3.8) is 0 Å². The first-order valence-electron chi connectivity index (χ1n) is 11.5. The lowest BCUT2D eigenvalue weighted by atomic mass is 9.93. The fraction of sp³-hybridized carbons (Fsp3) is 0.296. The number of aromatic nitrogens is 1. The molecule has 2 heterocycles. The number of nitrogens with one attached hydrogen (secondary N) is 2. The molecule has 0 aliphatic carbocycles. The molecule has 0 radical (unpaired) electrons. The van der Waals surface area contributed by atoms with Gasteiger partial charge >= 0.3 is 12.1 Å². The first-order chi connectivity index (χ1) is 17.4. The maximum Gasteiger partial charge on any atom is 0.490 e. The standard InChI is InChI=1S/C25H27N3O2.C2HF3O2/c1-25(2)12-9-21-15-19(5-8-23(21)30-25)17-27-16-18-3-6-22(7-4-18)28-24(29)20-10-13-26-14-11-20;3-2(4,5)1(6)7/h3-8,10-11,13-15,27H,9,12,16-17H2,1-2H3,(H,28,29);(H,6,7). The number of benzene rings is 2. The summed E-state index contributed by atoms with van der Waals surface area (Å²) < 4.78 is 37.8. The van der Waals surface area contributed by atoms with Crippen molar-refractivity contribution in [3.8, 4) is 5.75 Å². The van der Waals surface area contributed by atoms with Gasteiger partial charge in [-0.1, -0.05) is 24.3 Å². The number of halogens is 3. The minimum absolute atomic E-state index is 0.0727. The van der Waals surface area contributed by atoms with Gasteiger partial charge in [-0.15, -0.1) is 0 Å². The van der Waals surface area contributed by atoms with Crippen molar-refractivity contribution in [2.75, 3.05) is 5.32 Å². The molecule has 3 aromatic rings. The van der Waals surface area contributed by atoms with Crippen molar-refractivity contribution < 1.29 is 32.6 Å². The van der Waals surface area contributed by atoms with E-state index >= 15 is 0 Å². The summed E-state index contributed by atoms with van der Waals surface area (Å²) in [6, 6.07) is 17.8. The zero-order chi connectivity index (χ0) is 27.1. The van der Waals surface area contributed by atoms with Crippen LogP contribution in [-0.4, -0.2) is 33.7 Å². The minimum Gasteiger partial charge on any atom is -0.488 e. The van der Waals surface area contributed by atoms with Crippen molar-refractivity contribution in [2.45, 2.75) is 51.6 Å². The van der Waals surface area contributed by atoms with Gasteiger partial charge in [0.25, 0.3) is 5.91 Å². The number of rotatable bonds is 6. The summed E-state index contributed by atoms with van der Waals surface area (Å²) in [7, 11) is 0. The second-order valence-electron chi connectivity index (χ2n) is 9.10. The molecule has 0 bridgehead atoms. The summed E-state index contributed by atoms with van der Waals surface area (Å²) in [5.41, 5.74) is 5.02. The van der Waals surface area contributed by atoms with Gasteiger partial charge in [-0.25, -0.2) is 4.79 Å². The Labute approximate surface area is 212 Å². The van der Waals surface area contributed by atoms with E-state index in [1.807, 2.05) is 24.3 Å². The molecule has 37 heavy (non-hydrogen) atoms. The largest absolute Gasteiger partial charge is 0.490 e. The molecule has 1 amide bonds. The molecule has 2 aromatic carbocycles.